The predicted molar refractivity (Wildman–Crippen MR) is 77.7 cm³/mol. The molecule has 0 saturated heterocycles. The Bertz CT molecular complexity index is 690. The standard InChI is InChI=1S/C16H16O5.Na.H/c1-8(2)3-4-10(17)9-7-13(20)14-11(18)5-6-12(19)15(14)16(9)21;;/h3,5-7,10,17-19H,4H2,1-2H3;;/q;+1;-1. The molecule has 1 aliphatic carbocycles. The number of allylic oxidation sites excluding steroid dienone is 2. The third kappa shape index (κ3) is 3.50. The smallest absolute Gasteiger partial charge is 1.00 e. The number of aliphatic hydroxyl groups excluding tert-OH is 1. The molecule has 1 atom stereocenters. The minimum Gasteiger partial charge on any atom is -1.00 e. The molecule has 0 fully saturated rings. The molecule has 0 spiro atoms. The van der Waals surface area contributed by atoms with Crippen LogP contribution in [-0.4, -0.2) is 33.0 Å². The minimum atomic E-state index is -1.13. The third-order valence-corrected chi connectivity index (χ3v) is 3.29. The monoisotopic (exact) mass is 312 g/mol. The third-order valence-electron chi connectivity index (χ3n) is 3.29. The van der Waals surface area contributed by atoms with Crippen LogP contribution in [0.2, 0.25) is 0 Å². The molecule has 0 heterocycles. The van der Waals surface area contributed by atoms with Gasteiger partial charge in [0.25, 0.3) is 0 Å². The van der Waals surface area contributed by atoms with Crippen molar-refractivity contribution in [2.45, 2.75) is 26.4 Å². The van der Waals surface area contributed by atoms with E-state index in [1.807, 2.05) is 13.8 Å². The molecular formula is C16H17NaO5. The number of hydrogen-bond donors (Lipinski definition) is 3. The van der Waals surface area contributed by atoms with Crippen molar-refractivity contribution in [2.24, 2.45) is 0 Å². The van der Waals surface area contributed by atoms with Crippen LogP contribution in [0.1, 0.15) is 42.4 Å². The number of phenolic OH excluding ortho intramolecular Hbond substituents is 2. The Morgan fingerprint density at radius 2 is 1.73 bits per heavy atom. The zero-order valence-corrected chi connectivity index (χ0v) is 14.8. The molecule has 3 N–H and O–H groups in total. The van der Waals surface area contributed by atoms with Gasteiger partial charge in [0.15, 0.2) is 11.6 Å². The normalized spacial score (nSPS) is 14.6. The number of carbonyl (C=O) groups excluding carboxylic acids is 2. The SMILES string of the molecule is CC(C)=CCC(O)C1=CC(=O)c2c(O)ccc(O)c2C1=O.[H-].[Na+]. The van der Waals surface area contributed by atoms with Crippen molar-refractivity contribution >= 4 is 11.6 Å². The topological polar surface area (TPSA) is 94.8 Å². The van der Waals surface area contributed by atoms with Crippen molar-refractivity contribution in [2.75, 3.05) is 0 Å². The van der Waals surface area contributed by atoms with E-state index in [9.17, 15) is 24.9 Å². The zero-order valence-electron chi connectivity index (χ0n) is 13.8. The van der Waals surface area contributed by atoms with E-state index < -0.39 is 17.7 Å². The number of aromatic hydroxyl groups is 2. The summed E-state index contributed by atoms with van der Waals surface area (Å²) in [5, 5.41) is 29.5. The molecule has 0 radical (unpaired) electrons. The molecule has 5 nitrogen and oxygen atoms in total. The van der Waals surface area contributed by atoms with Crippen LogP contribution in [0.4, 0.5) is 0 Å². The number of hydrogen-bond acceptors (Lipinski definition) is 5. The Balaban J connectivity index is 0.00000242. The number of benzene rings is 1. The summed E-state index contributed by atoms with van der Waals surface area (Å²) in [6.07, 6.45) is 1.84. The quantitative estimate of drug-likeness (QED) is 0.387. The molecule has 1 aromatic carbocycles. The van der Waals surface area contributed by atoms with E-state index in [0.717, 1.165) is 23.8 Å². The van der Waals surface area contributed by atoms with E-state index in [1.165, 1.54) is 0 Å². The van der Waals surface area contributed by atoms with Gasteiger partial charge >= 0.3 is 29.6 Å². The molecular weight excluding hydrogens is 295 g/mol. The summed E-state index contributed by atoms with van der Waals surface area (Å²) in [6, 6.07) is 2.29. The van der Waals surface area contributed by atoms with Crippen LogP contribution in [0, 0.1) is 0 Å². The van der Waals surface area contributed by atoms with Gasteiger partial charge in [0.05, 0.1) is 17.2 Å². The Hall–Kier alpha value is -1.40. The summed E-state index contributed by atoms with van der Waals surface area (Å²) < 4.78 is 0. The number of ketones is 2. The number of phenols is 2. The first-order chi connectivity index (χ1) is 9.82. The van der Waals surface area contributed by atoms with Crippen LogP contribution in [0.3, 0.4) is 0 Å². The van der Waals surface area contributed by atoms with Gasteiger partial charge in [-0.1, -0.05) is 11.6 Å². The van der Waals surface area contributed by atoms with Crippen LogP contribution in [0.15, 0.2) is 35.4 Å². The number of Topliss-reactive ketones (excluding diaryl/α,β-unsaturated/α-hetero) is 1. The molecule has 1 aliphatic rings. The molecule has 2 rings (SSSR count). The number of fused-ring (bicyclic) bond motifs is 1. The summed E-state index contributed by atoms with van der Waals surface area (Å²) in [7, 11) is 0. The molecule has 0 saturated carbocycles. The van der Waals surface area contributed by atoms with Gasteiger partial charge < -0.3 is 16.7 Å². The van der Waals surface area contributed by atoms with Crippen molar-refractivity contribution in [1.29, 1.82) is 0 Å². The second-order valence-electron chi connectivity index (χ2n) is 5.18. The van der Waals surface area contributed by atoms with Gasteiger partial charge in [0.1, 0.15) is 11.5 Å². The summed E-state index contributed by atoms with van der Waals surface area (Å²) in [5.74, 6) is -2.01. The van der Waals surface area contributed by atoms with Crippen molar-refractivity contribution in [3.63, 3.8) is 0 Å². The van der Waals surface area contributed by atoms with Gasteiger partial charge in [-0.2, -0.15) is 0 Å². The molecule has 1 unspecified atom stereocenters. The fraction of sp³-hybridized carbons (Fsp3) is 0.250. The van der Waals surface area contributed by atoms with E-state index in [-0.39, 0.29) is 65.6 Å². The molecule has 0 amide bonds. The van der Waals surface area contributed by atoms with E-state index in [2.05, 4.69) is 0 Å². The van der Waals surface area contributed by atoms with Crippen molar-refractivity contribution in [1.82, 2.24) is 0 Å². The second-order valence-corrected chi connectivity index (χ2v) is 5.18. The predicted octanol–water partition coefficient (Wildman–Crippen LogP) is -0.763. The number of carbonyl (C=O) groups is 2. The molecule has 22 heavy (non-hydrogen) atoms. The first-order valence-corrected chi connectivity index (χ1v) is 6.50. The molecule has 6 heteroatoms. The van der Waals surface area contributed by atoms with Gasteiger partial charge in [-0.3, -0.25) is 9.59 Å². The van der Waals surface area contributed by atoms with E-state index in [0.29, 0.717) is 0 Å². The fourth-order valence-corrected chi connectivity index (χ4v) is 2.21. The molecule has 1 aromatic rings. The second kappa shape index (κ2) is 7.24. The van der Waals surface area contributed by atoms with Crippen LogP contribution in [0.25, 0.3) is 0 Å². The Kier molecular flexibility index (Phi) is 6.14. The van der Waals surface area contributed by atoms with Gasteiger partial charge in [-0.25, -0.2) is 0 Å². The minimum absolute atomic E-state index is 0. The summed E-state index contributed by atoms with van der Waals surface area (Å²) in [4.78, 5) is 24.4. The number of aliphatic hydroxyl groups is 1. The van der Waals surface area contributed by atoms with Gasteiger partial charge in [-0.05, 0) is 38.5 Å². The Morgan fingerprint density at radius 1 is 1.18 bits per heavy atom. The average molecular weight is 312 g/mol. The zero-order chi connectivity index (χ0) is 15.7. The molecule has 0 aromatic heterocycles. The van der Waals surface area contributed by atoms with Gasteiger partial charge in [0, 0.05) is 5.57 Å². The maximum absolute atomic E-state index is 12.3. The fourth-order valence-electron chi connectivity index (χ4n) is 2.21. The van der Waals surface area contributed by atoms with Gasteiger partial charge in [-0.15, -0.1) is 0 Å². The van der Waals surface area contributed by atoms with E-state index in [4.69, 9.17) is 0 Å². The van der Waals surface area contributed by atoms with Crippen molar-refractivity contribution in [3.8, 4) is 11.5 Å². The van der Waals surface area contributed by atoms with Crippen LogP contribution in [0.5, 0.6) is 11.5 Å². The maximum atomic E-state index is 12.3. The number of rotatable bonds is 3. The van der Waals surface area contributed by atoms with Crippen LogP contribution < -0.4 is 29.6 Å². The summed E-state index contributed by atoms with van der Waals surface area (Å²) in [5.41, 5.74) is 0.419. The van der Waals surface area contributed by atoms with Crippen LogP contribution >= 0.6 is 0 Å². The summed E-state index contributed by atoms with van der Waals surface area (Å²) >= 11 is 0. The molecule has 0 bridgehead atoms. The first kappa shape index (κ1) is 18.6. The summed E-state index contributed by atoms with van der Waals surface area (Å²) in [6.45, 7) is 3.71. The largest absolute Gasteiger partial charge is 1.00 e. The Labute approximate surface area is 151 Å². The van der Waals surface area contributed by atoms with Gasteiger partial charge in [0.2, 0.25) is 0 Å². The molecule has 112 valence electrons. The average Bonchev–Trinajstić information content (AvgIpc) is 2.42. The van der Waals surface area contributed by atoms with E-state index >= 15 is 0 Å². The Morgan fingerprint density at radius 3 is 2.27 bits per heavy atom. The van der Waals surface area contributed by atoms with Crippen molar-refractivity contribution < 1.29 is 55.9 Å². The molecule has 0 aliphatic heterocycles. The first-order valence-electron chi connectivity index (χ1n) is 6.50. The maximum Gasteiger partial charge on any atom is 1.00 e. The van der Waals surface area contributed by atoms with Crippen molar-refractivity contribution in [3.05, 3.63) is 46.6 Å². The van der Waals surface area contributed by atoms with Crippen LogP contribution in [-0.2, 0) is 0 Å². The van der Waals surface area contributed by atoms with E-state index in [1.54, 1.807) is 6.08 Å².